The molecule has 23 heavy (non-hydrogen) atoms. The number of amides is 1. The fraction of sp³-hybridized carbons (Fsp3) is 0.688. The summed E-state index contributed by atoms with van der Waals surface area (Å²) < 4.78 is 10.4. The molecule has 1 aliphatic heterocycles. The van der Waals surface area contributed by atoms with Gasteiger partial charge in [0.05, 0.1) is 12.3 Å². The summed E-state index contributed by atoms with van der Waals surface area (Å²) in [4.78, 5) is 23.7. The molecule has 0 bridgehead atoms. The van der Waals surface area contributed by atoms with Gasteiger partial charge < -0.3 is 19.7 Å². The van der Waals surface area contributed by atoms with Gasteiger partial charge in [0.2, 0.25) is 5.76 Å². The fourth-order valence-corrected chi connectivity index (χ4v) is 2.92. The van der Waals surface area contributed by atoms with Crippen LogP contribution in [0.25, 0.3) is 0 Å². The number of carboxylic acid groups (broad SMARTS) is 1. The van der Waals surface area contributed by atoms with Crippen molar-refractivity contribution in [2.75, 3.05) is 13.2 Å². The largest absolute Gasteiger partial charge is 0.480 e. The van der Waals surface area contributed by atoms with Gasteiger partial charge >= 0.3 is 5.97 Å². The molecule has 128 valence electrons. The Kier molecular flexibility index (Phi) is 6.15. The Balaban J connectivity index is 2.05. The van der Waals surface area contributed by atoms with Crippen molar-refractivity contribution in [3.63, 3.8) is 0 Å². The molecule has 1 fully saturated rings. The van der Waals surface area contributed by atoms with E-state index in [2.05, 4.69) is 10.5 Å². The van der Waals surface area contributed by atoms with E-state index < -0.39 is 17.9 Å². The summed E-state index contributed by atoms with van der Waals surface area (Å²) in [5, 5.41) is 15.8. The van der Waals surface area contributed by atoms with Crippen molar-refractivity contribution in [1.82, 2.24) is 10.5 Å². The number of ether oxygens (including phenoxy) is 1. The van der Waals surface area contributed by atoms with Crippen LogP contribution in [0.2, 0.25) is 0 Å². The first-order valence-corrected chi connectivity index (χ1v) is 8.14. The summed E-state index contributed by atoms with van der Waals surface area (Å²) in [5.41, 5.74) is 0.730. The average Bonchev–Trinajstić information content (AvgIpc) is 3.04. The van der Waals surface area contributed by atoms with Crippen molar-refractivity contribution in [3.8, 4) is 0 Å². The molecule has 1 amide bonds. The molecule has 0 radical (unpaired) electrons. The van der Waals surface area contributed by atoms with Crippen molar-refractivity contribution in [3.05, 3.63) is 17.5 Å². The zero-order valence-electron chi connectivity index (χ0n) is 13.6. The van der Waals surface area contributed by atoms with Crippen LogP contribution >= 0.6 is 0 Å². The summed E-state index contributed by atoms with van der Waals surface area (Å²) in [5.74, 6) is -1.55. The van der Waals surface area contributed by atoms with Gasteiger partial charge in [0.15, 0.2) is 0 Å². The van der Waals surface area contributed by atoms with E-state index in [0.717, 1.165) is 25.0 Å². The summed E-state index contributed by atoms with van der Waals surface area (Å²) in [6, 6.07) is 0.619. The highest BCUT2D eigenvalue weighted by Gasteiger charge is 2.32. The van der Waals surface area contributed by atoms with Crippen LogP contribution in [0.4, 0.5) is 0 Å². The van der Waals surface area contributed by atoms with Crippen LogP contribution in [0.5, 0.6) is 0 Å². The van der Waals surface area contributed by atoms with Crippen molar-refractivity contribution in [2.45, 2.75) is 51.5 Å². The molecule has 2 atom stereocenters. The first-order chi connectivity index (χ1) is 11.1. The molecule has 1 saturated heterocycles. The van der Waals surface area contributed by atoms with Crippen LogP contribution in [0.15, 0.2) is 10.6 Å². The van der Waals surface area contributed by atoms with Gasteiger partial charge in [-0.25, -0.2) is 4.79 Å². The lowest BCUT2D eigenvalue weighted by Gasteiger charge is -2.27. The molecule has 1 aromatic heterocycles. The molecule has 0 aromatic carbocycles. The lowest BCUT2D eigenvalue weighted by Crippen LogP contribution is -2.48. The normalized spacial score (nSPS) is 19.5. The van der Waals surface area contributed by atoms with Gasteiger partial charge in [0.1, 0.15) is 6.04 Å². The number of hydrogen-bond donors (Lipinski definition) is 2. The monoisotopic (exact) mass is 324 g/mol. The molecule has 7 nitrogen and oxygen atoms in total. The summed E-state index contributed by atoms with van der Waals surface area (Å²) in [6.45, 7) is 5.07. The minimum absolute atomic E-state index is 0.0508. The Morgan fingerprint density at radius 1 is 1.43 bits per heavy atom. The highest BCUT2D eigenvalue weighted by molar-refractivity contribution is 5.94. The lowest BCUT2D eigenvalue weighted by atomic mass is 9.93. The first kappa shape index (κ1) is 17.5. The van der Waals surface area contributed by atoms with Gasteiger partial charge in [0, 0.05) is 24.5 Å². The number of carbonyl (C=O) groups is 2. The van der Waals surface area contributed by atoms with Crippen LogP contribution in [0.3, 0.4) is 0 Å². The van der Waals surface area contributed by atoms with E-state index in [9.17, 15) is 14.7 Å². The fourth-order valence-electron chi connectivity index (χ4n) is 2.92. The molecule has 1 aliphatic rings. The maximum atomic E-state index is 12.3. The van der Waals surface area contributed by atoms with E-state index in [4.69, 9.17) is 9.26 Å². The van der Waals surface area contributed by atoms with Crippen molar-refractivity contribution in [1.29, 1.82) is 0 Å². The minimum atomic E-state index is -1.06. The third-order valence-corrected chi connectivity index (χ3v) is 4.38. The molecule has 2 rings (SSSR count). The second-order valence-corrected chi connectivity index (χ2v) is 5.90. The number of rotatable bonds is 7. The number of aromatic nitrogens is 1. The van der Waals surface area contributed by atoms with Gasteiger partial charge in [-0.05, 0) is 25.7 Å². The van der Waals surface area contributed by atoms with Crippen molar-refractivity contribution in [2.24, 2.45) is 5.92 Å². The molecule has 0 spiro atoms. The standard InChI is InChI=1S/C16H24N2O5/c1-3-10(4-2)12-8-13(23-18-12)15(19)17-14(16(20)21)11-6-5-7-22-9-11/h8,10-11,14H,3-7,9H2,1-2H3,(H,17,19)(H,20,21). The van der Waals surface area contributed by atoms with Gasteiger partial charge in [-0.1, -0.05) is 19.0 Å². The number of nitrogens with zero attached hydrogens (tertiary/aromatic N) is 1. The molecule has 1 aromatic rings. The zero-order valence-corrected chi connectivity index (χ0v) is 13.6. The molecular formula is C16H24N2O5. The van der Waals surface area contributed by atoms with Crippen molar-refractivity contribution < 1.29 is 24.0 Å². The Bertz CT molecular complexity index is 532. The van der Waals surface area contributed by atoms with E-state index in [1.165, 1.54) is 0 Å². The molecule has 0 saturated carbocycles. The molecule has 7 heteroatoms. The molecule has 0 aliphatic carbocycles. The SMILES string of the molecule is CCC(CC)c1cc(C(=O)NC(C(=O)O)C2CCCOC2)on1. The van der Waals surface area contributed by atoms with Gasteiger partial charge in [-0.3, -0.25) is 4.79 Å². The number of aliphatic carboxylic acids is 1. The topological polar surface area (TPSA) is 102 Å². The zero-order chi connectivity index (χ0) is 16.8. The highest BCUT2D eigenvalue weighted by atomic mass is 16.5. The predicted molar refractivity (Wildman–Crippen MR) is 82.3 cm³/mol. The molecular weight excluding hydrogens is 300 g/mol. The van der Waals surface area contributed by atoms with Crippen LogP contribution < -0.4 is 5.32 Å². The predicted octanol–water partition coefficient (Wildman–Crippen LogP) is 2.19. The van der Waals surface area contributed by atoms with Gasteiger partial charge in [0.25, 0.3) is 5.91 Å². The number of carboxylic acids is 1. The van der Waals surface area contributed by atoms with Crippen LogP contribution in [-0.2, 0) is 9.53 Å². The first-order valence-electron chi connectivity index (χ1n) is 8.14. The third-order valence-electron chi connectivity index (χ3n) is 4.38. The van der Waals surface area contributed by atoms with Gasteiger partial charge in [-0.15, -0.1) is 0 Å². The molecule has 2 heterocycles. The Morgan fingerprint density at radius 2 is 2.17 bits per heavy atom. The van der Waals surface area contributed by atoms with Crippen LogP contribution in [-0.4, -0.2) is 41.4 Å². The van der Waals surface area contributed by atoms with Crippen molar-refractivity contribution >= 4 is 11.9 Å². The maximum Gasteiger partial charge on any atom is 0.326 e. The number of nitrogens with one attached hydrogen (secondary N) is 1. The summed E-state index contributed by atoms with van der Waals surface area (Å²) in [6.07, 6.45) is 3.32. The van der Waals surface area contributed by atoms with Crippen LogP contribution in [0, 0.1) is 5.92 Å². The average molecular weight is 324 g/mol. The van der Waals surface area contributed by atoms with E-state index in [0.29, 0.717) is 19.6 Å². The quantitative estimate of drug-likeness (QED) is 0.797. The maximum absolute atomic E-state index is 12.3. The smallest absolute Gasteiger partial charge is 0.326 e. The number of carbonyl (C=O) groups excluding carboxylic acids is 1. The summed E-state index contributed by atoms with van der Waals surface area (Å²) >= 11 is 0. The van der Waals surface area contributed by atoms with E-state index in [1.54, 1.807) is 6.07 Å². The van der Waals surface area contributed by atoms with E-state index in [1.807, 2.05) is 13.8 Å². The Morgan fingerprint density at radius 3 is 2.74 bits per heavy atom. The Hall–Kier alpha value is -1.89. The minimum Gasteiger partial charge on any atom is -0.480 e. The van der Waals surface area contributed by atoms with Gasteiger partial charge in [-0.2, -0.15) is 0 Å². The third kappa shape index (κ3) is 4.31. The van der Waals surface area contributed by atoms with E-state index in [-0.39, 0.29) is 17.6 Å². The Labute approximate surface area is 135 Å². The number of hydrogen-bond acceptors (Lipinski definition) is 5. The lowest BCUT2D eigenvalue weighted by molar-refractivity contribution is -0.142. The second kappa shape index (κ2) is 8.10. The highest BCUT2D eigenvalue weighted by Crippen LogP contribution is 2.23. The summed E-state index contributed by atoms with van der Waals surface area (Å²) in [7, 11) is 0. The molecule has 2 N–H and O–H groups in total. The van der Waals surface area contributed by atoms with Crippen LogP contribution in [0.1, 0.15) is 61.7 Å². The van der Waals surface area contributed by atoms with E-state index >= 15 is 0 Å². The molecule has 2 unspecified atom stereocenters. The second-order valence-electron chi connectivity index (χ2n) is 5.90.